The van der Waals surface area contributed by atoms with Gasteiger partial charge in [0, 0.05) is 13.1 Å². The summed E-state index contributed by atoms with van der Waals surface area (Å²) in [6.07, 6.45) is 0.820. The van der Waals surface area contributed by atoms with Crippen LogP contribution in [0.25, 0.3) is 0 Å². The molecule has 1 heterocycles. The average molecular weight is 300 g/mol. The quantitative estimate of drug-likeness (QED) is 0.913. The standard InChI is InChI=1S/C14H15ClFNO3/c1-8-6-11(15)10(7-12(8)16)13(18)17-4-2-9(3-5-17)14(19)20/h6-7,9H,2-5H2,1H3,(H,19,20). The number of carboxylic acid groups (broad SMARTS) is 1. The Bertz CT molecular complexity index is 554. The van der Waals surface area contributed by atoms with Crippen LogP contribution in [0.1, 0.15) is 28.8 Å². The molecule has 0 unspecified atom stereocenters. The van der Waals surface area contributed by atoms with Gasteiger partial charge in [0.15, 0.2) is 0 Å². The largest absolute Gasteiger partial charge is 0.481 e. The SMILES string of the molecule is Cc1cc(Cl)c(C(=O)N2CCC(C(=O)O)CC2)cc1F. The molecule has 1 aromatic carbocycles. The lowest BCUT2D eigenvalue weighted by Crippen LogP contribution is -2.40. The van der Waals surface area contributed by atoms with Crippen LogP contribution in [-0.4, -0.2) is 35.0 Å². The number of hydrogen-bond acceptors (Lipinski definition) is 2. The third kappa shape index (κ3) is 2.93. The Balaban J connectivity index is 2.13. The number of carbonyl (C=O) groups is 2. The number of nitrogens with zero attached hydrogens (tertiary/aromatic N) is 1. The number of benzene rings is 1. The predicted octanol–water partition coefficient (Wildman–Crippen LogP) is 2.72. The van der Waals surface area contributed by atoms with Crippen molar-refractivity contribution in [3.05, 3.63) is 34.1 Å². The van der Waals surface area contributed by atoms with Gasteiger partial charge in [-0.25, -0.2) is 4.39 Å². The van der Waals surface area contributed by atoms with Gasteiger partial charge in [0.05, 0.1) is 16.5 Å². The summed E-state index contributed by atoms with van der Waals surface area (Å²) in [5.41, 5.74) is 0.514. The molecule has 1 aliphatic heterocycles. The van der Waals surface area contributed by atoms with Crippen LogP contribution in [0.3, 0.4) is 0 Å². The van der Waals surface area contributed by atoms with Crippen LogP contribution in [0, 0.1) is 18.7 Å². The van der Waals surface area contributed by atoms with Crippen LogP contribution in [0.5, 0.6) is 0 Å². The lowest BCUT2D eigenvalue weighted by molar-refractivity contribution is -0.143. The number of likely N-dealkylation sites (tertiary alicyclic amines) is 1. The van der Waals surface area contributed by atoms with Crippen molar-refractivity contribution in [2.24, 2.45) is 5.92 Å². The van der Waals surface area contributed by atoms with Gasteiger partial charge >= 0.3 is 5.97 Å². The fraction of sp³-hybridized carbons (Fsp3) is 0.429. The van der Waals surface area contributed by atoms with Gasteiger partial charge in [-0.2, -0.15) is 0 Å². The van der Waals surface area contributed by atoms with Crippen LogP contribution in [-0.2, 0) is 4.79 Å². The van der Waals surface area contributed by atoms with Gasteiger partial charge in [-0.1, -0.05) is 11.6 Å². The zero-order valence-electron chi connectivity index (χ0n) is 11.0. The molecule has 0 saturated carbocycles. The molecule has 0 aromatic heterocycles. The van der Waals surface area contributed by atoms with E-state index in [9.17, 15) is 14.0 Å². The Morgan fingerprint density at radius 1 is 1.35 bits per heavy atom. The minimum Gasteiger partial charge on any atom is -0.481 e. The Labute approximate surface area is 121 Å². The maximum atomic E-state index is 13.5. The first-order chi connectivity index (χ1) is 9.40. The van der Waals surface area contributed by atoms with E-state index in [0.717, 1.165) is 6.07 Å². The summed E-state index contributed by atoms with van der Waals surface area (Å²) < 4.78 is 13.5. The Morgan fingerprint density at radius 3 is 2.50 bits per heavy atom. The maximum Gasteiger partial charge on any atom is 0.306 e. The summed E-state index contributed by atoms with van der Waals surface area (Å²) in [4.78, 5) is 24.7. The fourth-order valence-electron chi connectivity index (χ4n) is 2.31. The van der Waals surface area contributed by atoms with Crippen molar-refractivity contribution in [2.75, 3.05) is 13.1 Å². The lowest BCUT2D eigenvalue weighted by Gasteiger charge is -2.30. The van der Waals surface area contributed by atoms with E-state index in [0.29, 0.717) is 31.5 Å². The fourth-order valence-corrected chi connectivity index (χ4v) is 2.61. The molecule has 0 spiro atoms. The van der Waals surface area contributed by atoms with Crippen molar-refractivity contribution in [1.82, 2.24) is 4.90 Å². The molecule has 1 aromatic rings. The first-order valence-corrected chi connectivity index (χ1v) is 6.75. The van der Waals surface area contributed by atoms with Crippen LogP contribution in [0.2, 0.25) is 5.02 Å². The number of piperidine rings is 1. The molecule has 0 bridgehead atoms. The second-order valence-corrected chi connectivity index (χ2v) is 5.39. The summed E-state index contributed by atoms with van der Waals surface area (Å²) in [5, 5.41) is 9.13. The van der Waals surface area contributed by atoms with Gasteiger partial charge in [0.1, 0.15) is 5.82 Å². The Hall–Kier alpha value is -1.62. The van der Waals surface area contributed by atoms with Gasteiger partial charge in [-0.3, -0.25) is 9.59 Å². The molecule has 4 nitrogen and oxygen atoms in total. The molecule has 2 rings (SSSR count). The van der Waals surface area contributed by atoms with Crippen LogP contribution in [0.15, 0.2) is 12.1 Å². The molecule has 1 fully saturated rings. The van der Waals surface area contributed by atoms with Gasteiger partial charge in [0.2, 0.25) is 0 Å². The topological polar surface area (TPSA) is 57.6 Å². The third-order valence-corrected chi connectivity index (χ3v) is 3.92. The third-order valence-electron chi connectivity index (χ3n) is 3.61. The molecule has 108 valence electrons. The van der Waals surface area contributed by atoms with Gasteiger partial charge in [0.25, 0.3) is 5.91 Å². The zero-order chi connectivity index (χ0) is 14.9. The summed E-state index contributed by atoms with van der Waals surface area (Å²) in [6, 6.07) is 2.57. The van der Waals surface area contributed by atoms with Crippen LogP contribution < -0.4 is 0 Å². The number of hydrogen-bond donors (Lipinski definition) is 1. The van der Waals surface area contributed by atoms with Crippen molar-refractivity contribution in [1.29, 1.82) is 0 Å². The molecule has 1 N–H and O–H groups in total. The number of amides is 1. The molecule has 1 saturated heterocycles. The predicted molar refractivity (Wildman–Crippen MR) is 72.4 cm³/mol. The number of aryl methyl sites for hydroxylation is 1. The van der Waals surface area contributed by atoms with Crippen molar-refractivity contribution < 1.29 is 19.1 Å². The van der Waals surface area contributed by atoms with Gasteiger partial charge in [-0.05, 0) is 37.5 Å². The Morgan fingerprint density at radius 2 is 1.95 bits per heavy atom. The molecule has 20 heavy (non-hydrogen) atoms. The first kappa shape index (κ1) is 14.8. The highest BCUT2D eigenvalue weighted by Gasteiger charge is 2.28. The van der Waals surface area contributed by atoms with Crippen molar-refractivity contribution >= 4 is 23.5 Å². The van der Waals surface area contributed by atoms with E-state index in [4.69, 9.17) is 16.7 Å². The highest BCUT2D eigenvalue weighted by Crippen LogP contribution is 2.24. The maximum absolute atomic E-state index is 13.5. The van der Waals surface area contributed by atoms with Gasteiger partial charge in [-0.15, -0.1) is 0 Å². The van der Waals surface area contributed by atoms with E-state index < -0.39 is 17.7 Å². The van der Waals surface area contributed by atoms with E-state index in [-0.39, 0.29) is 16.5 Å². The summed E-state index contributed by atoms with van der Waals surface area (Å²) in [6.45, 7) is 2.27. The molecule has 0 aliphatic carbocycles. The monoisotopic (exact) mass is 299 g/mol. The zero-order valence-corrected chi connectivity index (χ0v) is 11.8. The minimum absolute atomic E-state index is 0.128. The molecule has 6 heteroatoms. The Kier molecular flexibility index (Phi) is 4.28. The number of carboxylic acids is 1. The van der Waals surface area contributed by atoms with E-state index in [2.05, 4.69) is 0 Å². The van der Waals surface area contributed by atoms with Crippen molar-refractivity contribution in [3.63, 3.8) is 0 Å². The normalized spacial score (nSPS) is 16.2. The second-order valence-electron chi connectivity index (χ2n) is 4.99. The molecular formula is C14H15ClFNO3. The van der Waals surface area contributed by atoms with Gasteiger partial charge < -0.3 is 10.0 Å². The highest BCUT2D eigenvalue weighted by molar-refractivity contribution is 6.33. The number of aliphatic carboxylic acids is 1. The van der Waals surface area contributed by atoms with E-state index >= 15 is 0 Å². The van der Waals surface area contributed by atoms with E-state index in [1.165, 1.54) is 11.0 Å². The smallest absolute Gasteiger partial charge is 0.306 e. The molecule has 0 atom stereocenters. The van der Waals surface area contributed by atoms with Crippen molar-refractivity contribution in [3.8, 4) is 0 Å². The summed E-state index contributed by atoms with van der Waals surface area (Å²) in [7, 11) is 0. The van der Waals surface area contributed by atoms with E-state index in [1.807, 2.05) is 0 Å². The molecule has 1 aliphatic rings. The number of rotatable bonds is 2. The second kappa shape index (κ2) is 5.79. The van der Waals surface area contributed by atoms with E-state index in [1.54, 1.807) is 6.92 Å². The number of carbonyl (C=O) groups excluding carboxylic acids is 1. The highest BCUT2D eigenvalue weighted by atomic mass is 35.5. The molecular weight excluding hydrogens is 285 g/mol. The average Bonchev–Trinajstić information content (AvgIpc) is 2.42. The molecule has 0 radical (unpaired) electrons. The summed E-state index contributed by atoms with van der Waals surface area (Å²) in [5.74, 6) is -2.07. The van der Waals surface area contributed by atoms with Crippen LogP contribution in [0.4, 0.5) is 4.39 Å². The molecule has 1 amide bonds. The lowest BCUT2D eigenvalue weighted by atomic mass is 9.96. The first-order valence-electron chi connectivity index (χ1n) is 6.38. The minimum atomic E-state index is -0.837. The van der Waals surface area contributed by atoms with Crippen LogP contribution >= 0.6 is 11.6 Å². The van der Waals surface area contributed by atoms with Crippen molar-refractivity contribution in [2.45, 2.75) is 19.8 Å². The summed E-state index contributed by atoms with van der Waals surface area (Å²) >= 11 is 5.99. The number of halogens is 2.